The Morgan fingerprint density at radius 2 is 2.10 bits per heavy atom. The number of aromatic nitrogens is 1. The van der Waals surface area contributed by atoms with Gasteiger partial charge in [-0.25, -0.2) is 4.39 Å². The van der Waals surface area contributed by atoms with E-state index in [9.17, 15) is 4.39 Å². The van der Waals surface area contributed by atoms with Gasteiger partial charge in [0, 0.05) is 30.6 Å². The average Bonchev–Trinajstić information content (AvgIpc) is 2.87. The lowest BCUT2D eigenvalue weighted by molar-refractivity contribution is 0.291. The van der Waals surface area contributed by atoms with Gasteiger partial charge in [-0.1, -0.05) is 31.1 Å². The van der Waals surface area contributed by atoms with Gasteiger partial charge in [0.2, 0.25) is 0 Å². The SMILES string of the molecule is COc1c(F)cccc1CN(C)Cc1cc(C(C)C)on1. The fraction of sp³-hybridized carbons (Fsp3) is 0.438. The van der Waals surface area contributed by atoms with Crippen molar-refractivity contribution in [1.29, 1.82) is 0 Å². The summed E-state index contributed by atoms with van der Waals surface area (Å²) in [6.45, 7) is 5.33. The largest absolute Gasteiger partial charge is 0.493 e. The highest BCUT2D eigenvalue weighted by Crippen LogP contribution is 2.24. The Morgan fingerprint density at radius 3 is 2.71 bits per heavy atom. The average molecular weight is 292 g/mol. The molecule has 114 valence electrons. The lowest BCUT2D eigenvalue weighted by Crippen LogP contribution is -2.18. The molecule has 5 heteroatoms. The monoisotopic (exact) mass is 292 g/mol. The second-order valence-electron chi connectivity index (χ2n) is 5.48. The van der Waals surface area contributed by atoms with E-state index in [4.69, 9.17) is 9.26 Å². The minimum atomic E-state index is -0.341. The quantitative estimate of drug-likeness (QED) is 0.815. The van der Waals surface area contributed by atoms with Gasteiger partial charge in [0.1, 0.15) is 5.76 Å². The minimum Gasteiger partial charge on any atom is -0.493 e. The summed E-state index contributed by atoms with van der Waals surface area (Å²) in [5.74, 6) is 1.15. The molecule has 0 saturated heterocycles. The first-order valence-electron chi connectivity index (χ1n) is 6.96. The van der Waals surface area contributed by atoms with E-state index in [0.717, 1.165) is 17.0 Å². The first kappa shape index (κ1) is 15.5. The molecule has 0 amide bonds. The topological polar surface area (TPSA) is 38.5 Å². The number of benzene rings is 1. The molecule has 0 N–H and O–H groups in total. The van der Waals surface area contributed by atoms with Gasteiger partial charge in [-0.15, -0.1) is 0 Å². The van der Waals surface area contributed by atoms with Crippen LogP contribution in [0.1, 0.15) is 36.8 Å². The Balaban J connectivity index is 2.04. The smallest absolute Gasteiger partial charge is 0.165 e. The fourth-order valence-corrected chi connectivity index (χ4v) is 2.20. The number of rotatable bonds is 6. The number of para-hydroxylation sites is 1. The van der Waals surface area contributed by atoms with Crippen LogP contribution in [-0.4, -0.2) is 24.2 Å². The standard InChI is InChI=1S/C16H21FN2O2/c1-11(2)15-8-13(18-21-15)10-19(3)9-12-6-5-7-14(17)16(12)20-4/h5-8,11H,9-10H2,1-4H3. The molecule has 0 fully saturated rings. The van der Waals surface area contributed by atoms with Crippen LogP contribution >= 0.6 is 0 Å². The number of halogens is 1. The van der Waals surface area contributed by atoms with Crippen molar-refractivity contribution in [1.82, 2.24) is 10.1 Å². The van der Waals surface area contributed by atoms with E-state index in [2.05, 4.69) is 19.0 Å². The molecule has 1 heterocycles. The molecular formula is C16H21FN2O2. The zero-order valence-corrected chi connectivity index (χ0v) is 12.9. The number of nitrogens with zero attached hydrogens (tertiary/aromatic N) is 2. The molecule has 0 atom stereocenters. The highest BCUT2D eigenvalue weighted by atomic mass is 19.1. The molecule has 0 aliphatic rings. The maximum atomic E-state index is 13.6. The van der Waals surface area contributed by atoms with Crippen LogP contribution in [0.4, 0.5) is 4.39 Å². The van der Waals surface area contributed by atoms with Crippen molar-refractivity contribution in [3.05, 3.63) is 47.1 Å². The van der Waals surface area contributed by atoms with E-state index in [1.165, 1.54) is 13.2 Å². The minimum absolute atomic E-state index is 0.298. The summed E-state index contributed by atoms with van der Waals surface area (Å²) in [6, 6.07) is 6.91. The maximum absolute atomic E-state index is 13.6. The highest BCUT2D eigenvalue weighted by molar-refractivity contribution is 5.34. The first-order chi connectivity index (χ1) is 10.0. The first-order valence-corrected chi connectivity index (χ1v) is 6.96. The Kier molecular flexibility index (Phi) is 4.96. The van der Waals surface area contributed by atoms with Crippen LogP contribution in [-0.2, 0) is 13.1 Å². The molecule has 2 aromatic rings. The zero-order valence-electron chi connectivity index (χ0n) is 12.9. The third kappa shape index (κ3) is 3.82. The van der Waals surface area contributed by atoms with E-state index < -0.39 is 0 Å². The lowest BCUT2D eigenvalue weighted by atomic mass is 10.1. The van der Waals surface area contributed by atoms with Crippen molar-refractivity contribution in [3.8, 4) is 5.75 Å². The van der Waals surface area contributed by atoms with Crippen LogP contribution in [0.15, 0.2) is 28.8 Å². The molecule has 0 bridgehead atoms. The summed E-state index contributed by atoms with van der Waals surface area (Å²) in [7, 11) is 3.43. The van der Waals surface area contributed by atoms with Gasteiger partial charge in [-0.05, 0) is 13.1 Å². The molecule has 0 aliphatic heterocycles. The van der Waals surface area contributed by atoms with Crippen LogP contribution in [0.3, 0.4) is 0 Å². The van der Waals surface area contributed by atoms with Gasteiger partial charge in [-0.2, -0.15) is 0 Å². The van der Waals surface area contributed by atoms with Gasteiger partial charge in [0.25, 0.3) is 0 Å². The van der Waals surface area contributed by atoms with Crippen molar-refractivity contribution in [2.45, 2.75) is 32.9 Å². The normalized spacial score (nSPS) is 11.4. The van der Waals surface area contributed by atoms with E-state index in [1.54, 1.807) is 6.07 Å². The highest BCUT2D eigenvalue weighted by Gasteiger charge is 2.13. The van der Waals surface area contributed by atoms with Gasteiger partial charge in [0.05, 0.1) is 12.8 Å². The Bertz CT molecular complexity index is 596. The summed E-state index contributed by atoms with van der Waals surface area (Å²) in [5.41, 5.74) is 1.68. The molecule has 2 rings (SSSR count). The number of ether oxygens (including phenoxy) is 1. The number of methoxy groups -OCH3 is 1. The van der Waals surface area contributed by atoms with E-state index >= 15 is 0 Å². The second kappa shape index (κ2) is 6.72. The predicted octanol–water partition coefficient (Wildman–Crippen LogP) is 3.58. The molecule has 0 aliphatic carbocycles. The van der Waals surface area contributed by atoms with Crippen LogP contribution in [0.5, 0.6) is 5.75 Å². The zero-order chi connectivity index (χ0) is 15.4. The van der Waals surface area contributed by atoms with E-state index in [0.29, 0.717) is 24.8 Å². The number of hydrogen-bond donors (Lipinski definition) is 0. The fourth-order valence-electron chi connectivity index (χ4n) is 2.20. The van der Waals surface area contributed by atoms with Crippen molar-refractivity contribution in [2.75, 3.05) is 14.2 Å². The van der Waals surface area contributed by atoms with Crippen molar-refractivity contribution >= 4 is 0 Å². The Morgan fingerprint density at radius 1 is 1.33 bits per heavy atom. The number of hydrogen-bond acceptors (Lipinski definition) is 4. The molecule has 1 aromatic heterocycles. The van der Waals surface area contributed by atoms with Crippen LogP contribution in [0.25, 0.3) is 0 Å². The third-order valence-electron chi connectivity index (χ3n) is 3.27. The third-order valence-corrected chi connectivity index (χ3v) is 3.27. The predicted molar refractivity (Wildman–Crippen MR) is 78.7 cm³/mol. The summed E-state index contributed by atoms with van der Waals surface area (Å²) in [4.78, 5) is 2.04. The van der Waals surface area contributed by atoms with Crippen molar-refractivity contribution in [2.24, 2.45) is 0 Å². The van der Waals surface area contributed by atoms with Gasteiger partial charge >= 0.3 is 0 Å². The van der Waals surface area contributed by atoms with E-state index in [1.807, 2.05) is 24.1 Å². The Hall–Kier alpha value is -1.88. The lowest BCUT2D eigenvalue weighted by Gasteiger charge is -2.17. The van der Waals surface area contributed by atoms with Crippen LogP contribution in [0, 0.1) is 5.82 Å². The maximum Gasteiger partial charge on any atom is 0.165 e. The van der Waals surface area contributed by atoms with Crippen molar-refractivity contribution in [3.63, 3.8) is 0 Å². The molecule has 0 saturated carbocycles. The van der Waals surface area contributed by atoms with Crippen LogP contribution in [0.2, 0.25) is 0 Å². The summed E-state index contributed by atoms with van der Waals surface area (Å²) >= 11 is 0. The summed E-state index contributed by atoms with van der Waals surface area (Å²) < 4.78 is 24.1. The van der Waals surface area contributed by atoms with E-state index in [-0.39, 0.29) is 5.82 Å². The molecule has 0 unspecified atom stereocenters. The van der Waals surface area contributed by atoms with Gasteiger partial charge < -0.3 is 9.26 Å². The molecule has 1 aromatic carbocycles. The molecule has 4 nitrogen and oxygen atoms in total. The molecule has 0 radical (unpaired) electrons. The van der Waals surface area contributed by atoms with Gasteiger partial charge in [-0.3, -0.25) is 4.90 Å². The van der Waals surface area contributed by atoms with Crippen LogP contribution < -0.4 is 4.74 Å². The summed E-state index contributed by atoms with van der Waals surface area (Å²) in [5, 5.41) is 4.06. The summed E-state index contributed by atoms with van der Waals surface area (Å²) in [6.07, 6.45) is 0. The molecule has 21 heavy (non-hydrogen) atoms. The van der Waals surface area contributed by atoms with Crippen molar-refractivity contribution < 1.29 is 13.7 Å². The molecular weight excluding hydrogens is 271 g/mol. The molecule has 0 spiro atoms. The second-order valence-corrected chi connectivity index (χ2v) is 5.48. The van der Waals surface area contributed by atoms with Gasteiger partial charge in [0.15, 0.2) is 11.6 Å². The Labute approximate surface area is 124 Å².